The van der Waals surface area contributed by atoms with Crippen LogP contribution in [0.1, 0.15) is 39.0 Å². The van der Waals surface area contributed by atoms with Gasteiger partial charge >= 0.3 is 0 Å². The van der Waals surface area contributed by atoms with E-state index in [1.54, 1.807) is 11.0 Å². The highest BCUT2D eigenvalue weighted by Gasteiger charge is 2.21. The normalized spacial score (nSPS) is 17.6. The van der Waals surface area contributed by atoms with Crippen LogP contribution >= 0.6 is 11.6 Å². The highest BCUT2D eigenvalue weighted by Crippen LogP contribution is 2.32. The van der Waals surface area contributed by atoms with Crippen molar-refractivity contribution in [2.75, 3.05) is 5.32 Å². The lowest BCUT2D eigenvalue weighted by Gasteiger charge is -2.29. The summed E-state index contributed by atoms with van der Waals surface area (Å²) in [6, 6.07) is 6.35. The second kappa shape index (κ2) is 6.48. The Kier molecular flexibility index (Phi) is 4.44. The molecular formula is C16H21ClN4. The van der Waals surface area contributed by atoms with Gasteiger partial charge in [0.15, 0.2) is 0 Å². The molecule has 1 unspecified atom stereocenters. The summed E-state index contributed by atoms with van der Waals surface area (Å²) < 4.78 is 1.72. The largest absolute Gasteiger partial charge is 0.381 e. The first-order valence-electron chi connectivity index (χ1n) is 7.66. The van der Waals surface area contributed by atoms with E-state index in [2.05, 4.69) is 28.4 Å². The zero-order valence-electron chi connectivity index (χ0n) is 12.3. The molecule has 0 radical (unpaired) electrons. The highest BCUT2D eigenvalue weighted by atomic mass is 35.5. The third-order valence-electron chi connectivity index (χ3n) is 4.37. The predicted octanol–water partition coefficient (Wildman–Crippen LogP) is 4.30. The summed E-state index contributed by atoms with van der Waals surface area (Å²) in [4.78, 5) is 4.02. The molecule has 5 heteroatoms. The van der Waals surface area contributed by atoms with E-state index in [1.165, 1.54) is 38.4 Å². The molecule has 1 saturated carbocycles. The number of hydrogen-bond acceptors (Lipinski definition) is 3. The van der Waals surface area contributed by atoms with E-state index in [4.69, 9.17) is 11.6 Å². The first kappa shape index (κ1) is 14.4. The number of aromatic nitrogens is 3. The second-order valence-electron chi connectivity index (χ2n) is 5.81. The van der Waals surface area contributed by atoms with Crippen molar-refractivity contribution in [1.29, 1.82) is 0 Å². The van der Waals surface area contributed by atoms with Crippen molar-refractivity contribution in [2.24, 2.45) is 5.92 Å². The van der Waals surface area contributed by atoms with Gasteiger partial charge in [0.2, 0.25) is 0 Å². The van der Waals surface area contributed by atoms with Gasteiger partial charge in [0.05, 0.1) is 10.7 Å². The molecule has 1 heterocycles. The SMILES string of the molecule is CC(Nc1cccc(Cl)c1-n1cncn1)C1CCCCC1. The molecule has 1 N–H and O–H groups in total. The van der Waals surface area contributed by atoms with Crippen molar-refractivity contribution in [3.63, 3.8) is 0 Å². The van der Waals surface area contributed by atoms with E-state index < -0.39 is 0 Å². The molecule has 1 aliphatic rings. The summed E-state index contributed by atoms with van der Waals surface area (Å²) >= 11 is 6.36. The summed E-state index contributed by atoms with van der Waals surface area (Å²) in [6.07, 6.45) is 9.91. The van der Waals surface area contributed by atoms with Crippen LogP contribution in [-0.4, -0.2) is 20.8 Å². The number of hydrogen-bond donors (Lipinski definition) is 1. The van der Waals surface area contributed by atoms with Gasteiger partial charge in [0.25, 0.3) is 0 Å². The number of nitrogens with one attached hydrogen (secondary N) is 1. The maximum absolute atomic E-state index is 6.36. The van der Waals surface area contributed by atoms with E-state index >= 15 is 0 Å². The van der Waals surface area contributed by atoms with E-state index in [9.17, 15) is 0 Å². The molecule has 0 amide bonds. The molecule has 0 bridgehead atoms. The van der Waals surface area contributed by atoms with E-state index in [1.807, 2.05) is 12.1 Å². The molecule has 1 aromatic carbocycles. The summed E-state index contributed by atoms with van der Waals surface area (Å²) in [5, 5.41) is 8.53. The standard InChI is InChI=1S/C16H21ClN4/c1-12(13-6-3-2-4-7-13)20-15-9-5-8-14(17)16(15)21-11-18-10-19-21/h5,8-13,20H,2-4,6-7H2,1H3. The van der Waals surface area contributed by atoms with Crippen LogP contribution < -0.4 is 5.32 Å². The third-order valence-corrected chi connectivity index (χ3v) is 4.68. The lowest BCUT2D eigenvalue weighted by molar-refractivity contribution is 0.328. The molecule has 1 atom stereocenters. The quantitative estimate of drug-likeness (QED) is 0.915. The number of benzene rings is 1. The van der Waals surface area contributed by atoms with Crippen LogP contribution in [0.2, 0.25) is 5.02 Å². The van der Waals surface area contributed by atoms with Crippen LogP contribution in [0.5, 0.6) is 0 Å². The first-order chi connectivity index (χ1) is 10.3. The summed E-state index contributed by atoms with van der Waals surface area (Å²) in [5.41, 5.74) is 1.89. The van der Waals surface area contributed by atoms with Gasteiger partial charge < -0.3 is 5.32 Å². The van der Waals surface area contributed by atoms with Gasteiger partial charge in [0.1, 0.15) is 18.3 Å². The average Bonchev–Trinajstić information content (AvgIpc) is 3.02. The summed E-state index contributed by atoms with van der Waals surface area (Å²) in [6.45, 7) is 2.27. The van der Waals surface area contributed by atoms with Gasteiger partial charge in [-0.05, 0) is 37.8 Å². The lowest BCUT2D eigenvalue weighted by Crippen LogP contribution is -2.28. The van der Waals surface area contributed by atoms with Crippen LogP contribution in [-0.2, 0) is 0 Å². The van der Waals surface area contributed by atoms with Gasteiger partial charge in [0, 0.05) is 6.04 Å². The number of halogens is 1. The molecule has 1 aliphatic carbocycles. The Morgan fingerprint density at radius 1 is 1.29 bits per heavy atom. The highest BCUT2D eigenvalue weighted by molar-refractivity contribution is 6.33. The van der Waals surface area contributed by atoms with Crippen molar-refractivity contribution < 1.29 is 0 Å². The Morgan fingerprint density at radius 2 is 2.10 bits per heavy atom. The smallest absolute Gasteiger partial charge is 0.138 e. The monoisotopic (exact) mass is 304 g/mol. The molecule has 0 saturated heterocycles. The van der Waals surface area contributed by atoms with Crippen LogP contribution in [0, 0.1) is 5.92 Å². The molecule has 112 valence electrons. The Bertz CT molecular complexity index is 576. The fraction of sp³-hybridized carbons (Fsp3) is 0.500. The Morgan fingerprint density at radius 3 is 2.81 bits per heavy atom. The van der Waals surface area contributed by atoms with Gasteiger partial charge in [-0.25, -0.2) is 9.67 Å². The zero-order valence-corrected chi connectivity index (χ0v) is 13.1. The molecule has 0 spiro atoms. The number of para-hydroxylation sites is 1. The van der Waals surface area contributed by atoms with Crippen molar-refractivity contribution in [3.05, 3.63) is 35.9 Å². The van der Waals surface area contributed by atoms with Crippen molar-refractivity contribution in [1.82, 2.24) is 14.8 Å². The van der Waals surface area contributed by atoms with Crippen LogP contribution in [0.3, 0.4) is 0 Å². The molecular weight excluding hydrogens is 284 g/mol. The van der Waals surface area contributed by atoms with Gasteiger partial charge in [-0.15, -0.1) is 0 Å². The van der Waals surface area contributed by atoms with Crippen molar-refractivity contribution >= 4 is 17.3 Å². The van der Waals surface area contributed by atoms with Crippen LogP contribution in [0.25, 0.3) is 5.69 Å². The van der Waals surface area contributed by atoms with Crippen molar-refractivity contribution in [2.45, 2.75) is 45.1 Å². The molecule has 4 nitrogen and oxygen atoms in total. The molecule has 1 aromatic heterocycles. The molecule has 2 aromatic rings. The average molecular weight is 305 g/mol. The third kappa shape index (κ3) is 3.21. The Balaban J connectivity index is 1.83. The minimum Gasteiger partial charge on any atom is -0.381 e. The molecule has 3 rings (SSSR count). The lowest BCUT2D eigenvalue weighted by atomic mass is 9.84. The van der Waals surface area contributed by atoms with Gasteiger partial charge in [-0.3, -0.25) is 0 Å². The second-order valence-corrected chi connectivity index (χ2v) is 6.21. The maximum atomic E-state index is 6.36. The number of anilines is 1. The van der Waals surface area contributed by atoms with E-state index in [0.29, 0.717) is 11.1 Å². The molecule has 0 aliphatic heterocycles. The fourth-order valence-corrected chi connectivity index (χ4v) is 3.45. The Labute approximate surface area is 130 Å². The van der Waals surface area contributed by atoms with Crippen molar-refractivity contribution in [3.8, 4) is 5.69 Å². The summed E-state index contributed by atoms with van der Waals surface area (Å²) in [5.74, 6) is 0.737. The Hall–Kier alpha value is -1.55. The topological polar surface area (TPSA) is 42.7 Å². The van der Waals surface area contributed by atoms with Gasteiger partial charge in [-0.1, -0.05) is 36.9 Å². The van der Waals surface area contributed by atoms with Crippen LogP contribution in [0.4, 0.5) is 5.69 Å². The maximum Gasteiger partial charge on any atom is 0.138 e. The van der Waals surface area contributed by atoms with E-state index in [-0.39, 0.29) is 0 Å². The minimum absolute atomic E-state index is 0.436. The molecule has 21 heavy (non-hydrogen) atoms. The number of nitrogens with zero attached hydrogens (tertiary/aromatic N) is 3. The fourth-order valence-electron chi connectivity index (χ4n) is 3.19. The van der Waals surface area contributed by atoms with E-state index in [0.717, 1.165) is 17.3 Å². The molecule has 1 fully saturated rings. The predicted molar refractivity (Wildman–Crippen MR) is 86.0 cm³/mol. The number of rotatable bonds is 4. The first-order valence-corrected chi connectivity index (χ1v) is 8.03. The van der Waals surface area contributed by atoms with Gasteiger partial charge in [-0.2, -0.15) is 5.10 Å². The summed E-state index contributed by atoms with van der Waals surface area (Å²) in [7, 11) is 0. The van der Waals surface area contributed by atoms with Crippen LogP contribution in [0.15, 0.2) is 30.9 Å². The zero-order chi connectivity index (χ0) is 14.7. The minimum atomic E-state index is 0.436.